The molecule has 3 rings (SSSR count). The number of nitrogens with one attached hydrogen (secondary N) is 1. The molecule has 1 aromatic rings. The van der Waals surface area contributed by atoms with Crippen molar-refractivity contribution in [1.29, 1.82) is 0 Å². The Bertz CT molecular complexity index is 732. The number of hydrogen-bond acceptors (Lipinski definition) is 4. The number of aliphatic imine (C=N–C) groups is 1. The van der Waals surface area contributed by atoms with Gasteiger partial charge in [0.25, 0.3) is 0 Å². The van der Waals surface area contributed by atoms with Gasteiger partial charge in [-0.25, -0.2) is 13.8 Å². The number of nitrogens with zero attached hydrogens (tertiary/aromatic N) is 4. The van der Waals surface area contributed by atoms with E-state index in [-0.39, 0.29) is 18.3 Å². The van der Waals surface area contributed by atoms with Crippen molar-refractivity contribution in [1.82, 2.24) is 20.0 Å². The second-order valence-corrected chi connectivity index (χ2v) is 7.51. The lowest BCUT2D eigenvalue weighted by molar-refractivity contribution is -0.131. The molecule has 7 nitrogen and oxygen atoms in total. The molecule has 30 heavy (non-hydrogen) atoms. The first-order chi connectivity index (χ1) is 14.6. The van der Waals surface area contributed by atoms with Crippen LogP contribution in [0.5, 0.6) is 5.75 Å². The molecule has 0 aliphatic carbocycles. The van der Waals surface area contributed by atoms with Gasteiger partial charge in [0, 0.05) is 51.9 Å². The predicted molar refractivity (Wildman–Crippen MR) is 112 cm³/mol. The van der Waals surface area contributed by atoms with Gasteiger partial charge in [0.15, 0.2) is 17.6 Å². The number of guanidine groups is 1. The summed E-state index contributed by atoms with van der Waals surface area (Å²) in [5, 5.41) is 3.29. The van der Waals surface area contributed by atoms with Crippen LogP contribution in [0.4, 0.5) is 8.78 Å². The Morgan fingerprint density at radius 2 is 1.80 bits per heavy atom. The zero-order chi connectivity index (χ0) is 21.3. The van der Waals surface area contributed by atoms with E-state index < -0.39 is 11.6 Å². The third kappa shape index (κ3) is 6.29. The second-order valence-electron chi connectivity index (χ2n) is 7.51. The normalized spacial score (nSPS) is 18.0. The number of piperazine rings is 1. The van der Waals surface area contributed by atoms with Crippen LogP contribution in [0.2, 0.25) is 0 Å². The van der Waals surface area contributed by atoms with Gasteiger partial charge < -0.3 is 19.9 Å². The number of ether oxygens (including phenoxy) is 1. The van der Waals surface area contributed by atoms with Gasteiger partial charge >= 0.3 is 0 Å². The first kappa shape index (κ1) is 22.3. The van der Waals surface area contributed by atoms with Crippen molar-refractivity contribution in [2.24, 2.45) is 4.99 Å². The van der Waals surface area contributed by atoms with Crippen LogP contribution < -0.4 is 10.1 Å². The van der Waals surface area contributed by atoms with Gasteiger partial charge in [-0.1, -0.05) is 0 Å². The van der Waals surface area contributed by atoms with E-state index in [0.29, 0.717) is 13.1 Å². The van der Waals surface area contributed by atoms with Gasteiger partial charge in [-0.2, -0.15) is 0 Å². The molecule has 2 aliphatic rings. The fraction of sp³-hybridized carbons (Fsp3) is 0.619. The fourth-order valence-corrected chi connectivity index (χ4v) is 3.68. The summed E-state index contributed by atoms with van der Waals surface area (Å²) in [5.74, 6) is -0.500. The van der Waals surface area contributed by atoms with Gasteiger partial charge in [-0.15, -0.1) is 0 Å². The molecule has 1 N–H and O–H groups in total. The summed E-state index contributed by atoms with van der Waals surface area (Å²) in [5.41, 5.74) is 0. The van der Waals surface area contributed by atoms with Gasteiger partial charge in [0.2, 0.25) is 5.91 Å². The lowest BCUT2D eigenvalue weighted by Gasteiger charge is -2.36. The van der Waals surface area contributed by atoms with E-state index in [1.54, 1.807) is 0 Å². The maximum Gasteiger partial charge on any atom is 0.236 e. The molecule has 0 atom stereocenters. The molecular weight excluding hydrogens is 392 g/mol. The minimum Gasteiger partial charge on any atom is -0.492 e. The monoisotopic (exact) mass is 423 g/mol. The van der Waals surface area contributed by atoms with Gasteiger partial charge in [-0.3, -0.25) is 9.69 Å². The van der Waals surface area contributed by atoms with Crippen molar-refractivity contribution in [3.8, 4) is 5.75 Å². The van der Waals surface area contributed by atoms with Crippen molar-refractivity contribution in [3.63, 3.8) is 0 Å². The molecule has 0 spiro atoms. The highest BCUT2D eigenvalue weighted by molar-refractivity contribution is 5.80. The maximum absolute atomic E-state index is 13.2. The molecule has 2 saturated heterocycles. The molecule has 2 heterocycles. The number of rotatable bonds is 7. The summed E-state index contributed by atoms with van der Waals surface area (Å²) in [6.45, 7) is 8.92. The lowest BCUT2D eigenvalue weighted by Crippen LogP contribution is -2.54. The number of likely N-dealkylation sites (tertiary alicyclic amines) is 1. The van der Waals surface area contributed by atoms with Crippen molar-refractivity contribution in [3.05, 3.63) is 29.8 Å². The second kappa shape index (κ2) is 11.1. The van der Waals surface area contributed by atoms with Crippen LogP contribution in [0.25, 0.3) is 0 Å². The molecule has 0 unspecified atom stereocenters. The van der Waals surface area contributed by atoms with Crippen molar-refractivity contribution in [2.45, 2.75) is 19.8 Å². The SMILES string of the molecule is CCNC(=NCCOc1ccc(F)c(F)c1)N1CCN(CC(=O)N2CCCC2)CC1. The van der Waals surface area contributed by atoms with Gasteiger partial charge in [0.1, 0.15) is 12.4 Å². The van der Waals surface area contributed by atoms with Gasteiger partial charge in [0.05, 0.1) is 13.1 Å². The molecule has 9 heteroatoms. The van der Waals surface area contributed by atoms with E-state index in [1.807, 2.05) is 11.8 Å². The summed E-state index contributed by atoms with van der Waals surface area (Å²) < 4.78 is 31.7. The Morgan fingerprint density at radius 1 is 1.07 bits per heavy atom. The van der Waals surface area contributed by atoms with E-state index in [2.05, 4.69) is 20.1 Å². The largest absolute Gasteiger partial charge is 0.492 e. The molecule has 0 radical (unpaired) electrons. The maximum atomic E-state index is 13.2. The van der Waals surface area contributed by atoms with E-state index in [4.69, 9.17) is 4.74 Å². The van der Waals surface area contributed by atoms with Crippen LogP contribution in [0.15, 0.2) is 23.2 Å². The van der Waals surface area contributed by atoms with E-state index >= 15 is 0 Å². The third-order valence-corrected chi connectivity index (χ3v) is 5.34. The van der Waals surface area contributed by atoms with Crippen LogP contribution in [-0.2, 0) is 4.79 Å². The predicted octanol–water partition coefficient (Wildman–Crippen LogP) is 1.55. The molecule has 2 fully saturated rings. The molecular formula is C21H31F2N5O2. The zero-order valence-corrected chi connectivity index (χ0v) is 17.6. The first-order valence-corrected chi connectivity index (χ1v) is 10.7. The Kier molecular flexibility index (Phi) is 8.24. The van der Waals surface area contributed by atoms with Crippen molar-refractivity contribution < 1.29 is 18.3 Å². The third-order valence-electron chi connectivity index (χ3n) is 5.34. The average Bonchev–Trinajstić information content (AvgIpc) is 3.29. The number of carbonyl (C=O) groups is 1. The molecule has 1 amide bonds. The van der Waals surface area contributed by atoms with E-state index in [1.165, 1.54) is 6.07 Å². The highest BCUT2D eigenvalue weighted by Crippen LogP contribution is 2.15. The Labute approximate surface area is 176 Å². The summed E-state index contributed by atoms with van der Waals surface area (Å²) in [4.78, 5) is 23.3. The summed E-state index contributed by atoms with van der Waals surface area (Å²) in [6.07, 6.45) is 2.23. The Hall–Kier alpha value is -2.42. The zero-order valence-electron chi connectivity index (χ0n) is 17.6. The van der Waals surface area contributed by atoms with Crippen LogP contribution in [0.3, 0.4) is 0 Å². The number of hydrogen-bond donors (Lipinski definition) is 1. The smallest absolute Gasteiger partial charge is 0.236 e. The highest BCUT2D eigenvalue weighted by Gasteiger charge is 2.24. The number of carbonyl (C=O) groups excluding carboxylic acids is 1. The van der Waals surface area contributed by atoms with Crippen molar-refractivity contribution >= 4 is 11.9 Å². The molecule has 0 bridgehead atoms. The number of halogens is 2. The highest BCUT2D eigenvalue weighted by atomic mass is 19.2. The Morgan fingerprint density at radius 3 is 2.47 bits per heavy atom. The number of benzene rings is 1. The minimum atomic E-state index is -0.926. The molecule has 2 aliphatic heterocycles. The molecule has 0 aromatic heterocycles. The number of amides is 1. The van der Waals surface area contributed by atoms with Gasteiger partial charge in [-0.05, 0) is 31.9 Å². The van der Waals surface area contributed by atoms with Crippen LogP contribution in [0, 0.1) is 11.6 Å². The topological polar surface area (TPSA) is 60.4 Å². The lowest BCUT2D eigenvalue weighted by atomic mass is 10.3. The summed E-state index contributed by atoms with van der Waals surface area (Å²) >= 11 is 0. The quantitative estimate of drug-likeness (QED) is 0.410. The summed E-state index contributed by atoms with van der Waals surface area (Å²) in [7, 11) is 0. The van der Waals surface area contributed by atoms with Crippen LogP contribution in [-0.4, -0.2) is 92.1 Å². The Balaban J connectivity index is 1.43. The van der Waals surface area contributed by atoms with Crippen LogP contribution >= 0.6 is 0 Å². The standard InChI is InChI=1S/C21H31F2N5O2/c1-2-24-21(25-7-14-30-17-5-6-18(22)19(23)15-17)28-12-10-26(11-13-28)16-20(29)27-8-3-4-9-27/h5-6,15H,2-4,7-14,16H2,1H3,(H,24,25). The van der Waals surface area contributed by atoms with E-state index in [9.17, 15) is 13.6 Å². The fourth-order valence-electron chi connectivity index (χ4n) is 3.68. The van der Waals surface area contributed by atoms with Crippen molar-refractivity contribution in [2.75, 3.05) is 65.5 Å². The average molecular weight is 424 g/mol. The molecule has 1 aromatic carbocycles. The molecule has 166 valence electrons. The van der Waals surface area contributed by atoms with Crippen LogP contribution in [0.1, 0.15) is 19.8 Å². The van der Waals surface area contributed by atoms with E-state index in [0.717, 1.165) is 76.7 Å². The molecule has 0 saturated carbocycles. The summed E-state index contributed by atoms with van der Waals surface area (Å²) in [6, 6.07) is 3.48. The first-order valence-electron chi connectivity index (χ1n) is 10.7. The minimum absolute atomic E-state index is 0.232.